The summed E-state index contributed by atoms with van der Waals surface area (Å²) in [5.74, 6) is 0.328. The molecule has 96 valence electrons. The summed E-state index contributed by atoms with van der Waals surface area (Å²) in [6, 6.07) is 0. The van der Waals surface area contributed by atoms with E-state index in [4.69, 9.17) is 17.3 Å². The van der Waals surface area contributed by atoms with Crippen molar-refractivity contribution in [1.82, 2.24) is 19.5 Å². The summed E-state index contributed by atoms with van der Waals surface area (Å²) in [7, 11) is 0. The number of hydrogen-bond acceptors (Lipinski definition) is 4. The highest BCUT2D eigenvalue weighted by Crippen LogP contribution is 2.18. The summed E-state index contributed by atoms with van der Waals surface area (Å²) in [5.41, 5.74) is 7.06. The Kier molecular flexibility index (Phi) is 4.15. The highest BCUT2D eigenvalue weighted by atomic mass is 35.5. The lowest BCUT2D eigenvalue weighted by molar-refractivity contribution is 0.660. The Labute approximate surface area is 111 Å². The number of anilines is 1. The monoisotopic (exact) mass is 265 g/mol. The Morgan fingerprint density at radius 3 is 3.00 bits per heavy atom. The van der Waals surface area contributed by atoms with E-state index in [0.717, 1.165) is 25.8 Å². The van der Waals surface area contributed by atoms with Crippen molar-refractivity contribution in [2.75, 3.05) is 5.73 Å². The number of aryl methyl sites for hydroxylation is 1. The molecule has 0 aliphatic rings. The molecular weight excluding hydrogens is 250 g/mol. The van der Waals surface area contributed by atoms with Gasteiger partial charge in [0.2, 0.25) is 5.28 Å². The Morgan fingerprint density at radius 1 is 1.39 bits per heavy atom. The van der Waals surface area contributed by atoms with Crippen molar-refractivity contribution in [3.8, 4) is 0 Å². The molecule has 0 fully saturated rings. The van der Waals surface area contributed by atoms with E-state index in [1.165, 1.54) is 0 Å². The number of rotatable bonds is 5. The summed E-state index contributed by atoms with van der Waals surface area (Å²) in [6.45, 7) is 2.97. The predicted molar refractivity (Wildman–Crippen MR) is 73.4 cm³/mol. The number of hydrogen-bond donors (Lipinski definition) is 1. The molecule has 0 saturated heterocycles. The molecule has 0 amide bonds. The van der Waals surface area contributed by atoms with Crippen LogP contribution < -0.4 is 5.73 Å². The molecule has 2 rings (SSSR count). The number of halogens is 1. The molecular formula is C12H16ClN5. The van der Waals surface area contributed by atoms with E-state index in [9.17, 15) is 0 Å². The van der Waals surface area contributed by atoms with Crippen LogP contribution in [0.25, 0.3) is 11.2 Å². The lowest BCUT2D eigenvalue weighted by atomic mass is 10.2. The Bertz CT molecular complexity index is 561. The second-order valence-corrected chi connectivity index (χ2v) is 4.35. The highest BCUT2D eigenvalue weighted by Gasteiger charge is 2.09. The normalized spacial score (nSPS) is 11.7. The van der Waals surface area contributed by atoms with Gasteiger partial charge in [-0.15, -0.1) is 0 Å². The van der Waals surface area contributed by atoms with Gasteiger partial charge in [-0.25, -0.2) is 4.98 Å². The van der Waals surface area contributed by atoms with E-state index in [2.05, 4.69) is 34.0 Å². The van der Waals surface area contributed by atoms with Gasteiger partial charge in [0, 0.05) is 6.54 Å². The van der Waals surface area contributed by atoms with Gasteiger partial charge in [0.15, 0.2) is 11.5 Å². The van der Waals surface area contributed by atoms with Gasteiger partial charge in [0.05, 0.1) is 6.33 Å². The van der Waals surface area contributed by atoms with Crippen LogP contribution in [0.2, 0.25) is 5.28 Å². The van der Waals surface area contributed by atoms with Gasteiger partial charge < -0.3 is 10.3 Å². The Hall–Kier alpha value is -1.62. The first-order valence-electron chi connectivity index (χ1n) is 6.01. The SMILES string of the molecule is CCC=CCCCn1cnc2c(N)nc(Cl)nc21. The summed E-state index contributed by atoms with van der Waals surface area (Å²) in [6.07, 6.45) is 9.24. The zero-order valence-corrected chi connectivity index (χ0v) is 11.1. The third-order valence-corrected chi connectivity index (χ3v) is 2.80. The third kappa shape index (κ3) is 2.79. The number of aromatic nitrogens is 4. The fourth-order valence-corrected chi connectivity index (χ4v) is 1.94. The molecule has 0 aliphatic heterocycles. The highest BCUT2D eigenvalue weighted by molar-refractivity contribution is 6.28. The molecule has 2 N–H and O–H groups in total. The summed E-state index contributed by atoms with van der Waals surface area (Å²) in [4.78, 5) is 12.3. The van der Waals surface area contributed by atoms with E-state index >= 15 is 0 Å². The maximum absolute atomic E-state index is 5.80. The summed E-state index contributed by atoms with van der Waals surface area (Å²) in [5, 5.41) is 0.160. The molecule has 0 aliphatic carbocycles. The molecule has 2 aromatic heterocycles. The fourth-order valence-electron chi connectivity index (χ4n) is 1.77. The van der Waals surface area contributed by atoms with Crippen LogP contribution in [0, 0.1) is 0 Å². The molecule has 6 heteroatoms. The van der Waals surface area contributed by atoms with Crippen LogP contribution in [0.3, 0.4) is 0 Å². The van der Waals surface area contributed by atoms with Gasteiger partial charge in [-0.05, 0) is 30.9 Å². The van der Waals surface area contributed by atoms with Crippen molar-refractivity contribution in [2.45, 2.75) is 32.7 Å². The number of allylic oxidation sites excluding steroid dienone is 2. The molecule has 5 nitrogen and oxygen atoms in total. The van der Waals surface area contributed by atoms with E-state index in [-0.39, 0.29) is 5.28 Å². The zero-order valence-electron chi connectivity index (χ0n) is 10.3. The quantitative estimate of drug-likeness (QED) is 0.513. The van der Waals surface area contributed by atoms with Gasteiger partial charge in [-0.2, -0.15) is 9.97 Å². The first kappa shape index (κ1) is 12.8. The molecule has 0 radical (unpaired) electrons. The van der Waals surface area contributed by atoms with E-state index in [0.29, 0.717) is 17.0 Å². The standard InChI is InChI=1S/C12H16ClN5/c1-2-3-4-5-6-7-18-8-15-9-10(14)16-12(13)17-11(9)18/h3-4,8H,2,5-7H2,1H3,(H2,14,16,17). The van der Waals surface area contributed by atoms with E-state index < -0.39 is 0 Å². The topological polar surface area (TPSA) is 69.6 Å². The molecule has 0 aromatic carbocycles. The first-order chi connectivity index (χ1) is 8.72. The van der Waals surface area contributed by atoms with Crippen molar-refractivity contribution in [3.05, 3.63) is 23.8 Å². The van der Waals surface area contributed by atoms with Crippen LogP contribution in [-0.4, -0.2) is 19.5 Å². The lowest BCUT2D eigenvalue weighted by Gasteiger charge is -2.02. The largest absolute Gasteiger partial charge is 0.382 e. The number of imidazole rings is 1. The number of nitrogens with two attached hydrogens (primary N) is 1. The Morgan fingerprint density at radius 2 is 2.22 bits per heavy atom. The minimum Gasteiger partial charge on any atom is -0.382 e. The van der Waals surface area contributed by atoms with Gasteiger partial charge in [-0.3, -0.25) is 0 Å². The molecule has 0 bridgehead atoms. The zero-order chi connectivity index (χ0) is 13.0. The number of fused-ring (bicyclic) bond motifs is 1. The Balaban J connectivity index is 2.12. The van der Waals surface area contributed by atoms with Crippen molar-refractivity contribution in [2.24, 2.45) is 0 Å². The first-order valence-corrected chi connectivity index (χ1v) is 6.39. The van der Waals surface area contributed by atoms with Crippen LogP contribution in [0.4, 0.5) is 5.82 Å². The number of nitrogen functional groups attached to an aromatic ring is 1. The molecule has 0 unspecified atom stereocenters. The van der Waals surface area contributed by atoms with Gasteiger partial charge in [-0.1, -0.05) is 19.1 Å². The number of nitrogens with zero attached hydrogens (tertiary/aromatic N) is 4. The second kappa shape index (κ2) is 5.82. The van der Waals surface area contributed by atoms with Crippen LogP contribution >= 0.6 is 11.6 Å². The average Bonchev–Trinajstić information content (AvgIpc) is 2.72. The van der Waals surface area contributed by atoms with Crippen LogP contribution in [-0.2, 0) is 6.54 Å². The van der Waals surface area contributed by atoms with Crippen molar-refractivity contribution in [1.29, 1.82) is 0 Å². The lowest BCUT2D eigenvalue weighted by Crippen LogP contribution is -2.00. The summed E-state index contributed by atoms with van der Waals surface area (Å²) < 4.78 is 1.96. The van der Waals surface area contributed by atoms with Crippen LogP contribution in [0.5, 0.6) is 0 Å². The predicted octanol–water partition coefficient (Wildman–Crippen LogP) is 2.81. The molecule has 18 heavy (non-hydrogen) atoms. The van der Waals surface area contributed by atoms with Crippen LogP contribution in [0.1, 0.15) is 26.2 Å². The summed E-state index contributed by atoms with van der Waals surface area (Å²) >= 11 is 5.80. The fraction of sp³-hybridized carbons (Fsp3) is 0.417. The van der Waals surface area contributed by atoms with E-state index in [1.807, 2.05) is 4.57 Å². The average molecular weight is 266 g/mol. The molecule has 0 spiro atoms. The molecule has 2 heterocycles. The minimum atomic E-state index is 0.160. The van der Waals surface area contributed by atoms with Crippen molar-refractivity contribution < 1.29 is 0 Å². The van der Waals surface area contributed by atoms with Crippen molar-refractivity contribution in [3.63, 3.8) is 0 Å². The van der Waals surface area contributed by atoms with Crippen molar-refractivity contribution >= 4 is 28.6 Å². The van der Waals surface area contributed by atoms with Gasteiger partial charge >= 0.3 is 0 Å². The minimum absolute atomic E-state index is 0.160. The maximum Gasteiger partial charge on any atom is 0.226 e. The van der Waals surface area contributed by atoms with E-state index in [1.54, 1.807) is 6.33 Å². The molecule has 0 saturated carbocycles. The number of unbranched alkanes of at least 4 members (excludes halogenated alkanes) is 1. The van der Waals surface area contributed by atoms with Crippen LogP contribution in [0.15, 0.2) is 18.5 Å². The second-order valence-electron chi connectivity index (χ2n) is 4.01. The smallest absolute Gasteiger partial charge is 0.226 e. The molecule has 0 atom stereocenters. The van der Waals surface area contributed by atoms with Gasteiger partial charge in [0.1, 0.15) is 5.52 Å². The third-order valence-electron chi connectivity index (χ3n) is 2.64. The maximum atomic E-state index is 5.80. The van der Waals surface area contributed by atoms with Gasteiger partial charge in [0.25, 0.3) is 0 Å². The molecule has 2 aromatic rings.